The second kappa shape index (κ2) is 11.4. The number of nitrogens with one attached hydrogen (secondary N) is 2. The number of amides is 1. The topological polar surface area (TPSA) is 155 Å². The first-order chi connectivity index (χ1) is 22.2. The second-order valence-corrected chi connectivity index (χ2v) is 11.9. The Bertz CT molecular complexity index is 2000. The summed E-state index contributed by atoms with van der Waals surface area (Å²) in [5.41, 5.74) is 5.79. The molecule has 46 heavy (non-hydrogen) atoms. The molecule has 0 unspecified atom stereocenters. The maximum absolute atomic E-state index is 16.7. The van der Waals surface area contributed by atoms with E-state index < -0.39 is 29.3 Å². The van der Waals surface area contributed by atoms with Crippen LogP contribution in [0.2, 0.25) is 0 Å². The molecule has 5 heterocycles. The van der Waals surface area contributed by atoms with Gasteiger partial charge in [0.15, 0.2) is 5.82 Å². The number of carbonyl (C=O) groups excluding carboxylic acids is 1. The number of nitrogens with two attached hydrogens (primary N) is 1. The van der Waals surface area contributed by atoms with Crippen molar-refractivity contribution < 1.29 is 27.8 Å². The van der Waals surface area contributed by atoms with Gasteiger partial charge >= 0.3 is 6.01 Å². The van der Waals surface area contributed by atoms with Crippen molar-refractivity contribution in [1.82, 2.24) is 30.0 Å². The monoisotopic (exact) mass is 632 g/mol. The van der Waals surface area contributed by atoms with Crippen molar-refractivity contribution in [1.29, 1.82) is 0 Å². The number of anilines is 1. The van der Waals surface area contributed by atoms with Gasteiger partial charge in [0.25, 0.3) is 5.91 Å². The molecule has 1 amide bonds. The highest BCUT2D eigenvalue weighted by Gasteiger charge is 2.49. The van der Waals surface area contributed by atoms with Gasteiger partial charge in [-0.1, -0.05) is 13.0 Å². The fourth-order valence-corrected chi connectivity index (χ4v) is 6.94. The van der Waals surface area contributed by atoms with E-state index in [0.29, 0.717) is 41.4 Å². The molecule has 2 aromatic carbocycles. The van der Waals surface area contributed by atoms with Crippen LogP contribution in [0.3, 0.4) is 0 Å². The number of hydrogen-bond donors (Lipinski definition) is 4. The fourth-order valence-electron chi connectivity index (χ4n) is 6.94. The van der Waals surface area contributed by atoms with E-state index in [4.69, 9.17) is 10.5 Å². The second-order valence-electron chi connectivity index (χ2n) is 11.9. The van der Waals surface area contributed by atoms with Crippen LogP contribution >= 0.6 is 0 Å². The van der Waals surface area contributed by atoms with Crippen LogP contribution in [0.4, 0.5) is 19.0 Å². The summed E-state index contributed by atoms with van der Waals surface area (Å²) in [4.78, 5) is 27.3. The van der Waals surface area contributed by atoms with E-state index in [9.17, 15) is 18.7 Å². The van der Waals surface area contributed by atoms with Crippen LogP contribution in [-0.4, -0.2) is 72.5 Å². The van der Waals surface area contributed by atoms with E-state index in [0.717, 1.165) is 19.4 Å². The van der Waals surface area contributed by atoms with Crippen LogP contribution in [0.5, 0.6) is 11.8 Å². The van der Waals surface area contributed by atoms with E-state index in [-0.39, 0.29) is 58.5 Å². The van der Waals surface area contributed by atoms with Gasteiger partial charge in [-0.25, -0.2) is 13.2 Å². The number of carbonyl (C=O) groups is 1. The first-order valence-electron chi connectivity index (χ1n) is 15.1. The molecule has 2 aliphatic rings. The maximum Gasteiger partial charge on any atom is 0.319 e. The molecular formula is C32H31F3N8O3. The summed E-state index contributed by atoms with van der Waals surface area (Å²) in [6, 6.07) is 5.53. The number of pyridine rings is 1. The quantitative estimate of drug-likeness (QED) is 0.180. The van der Waals surface area contributed by atoms with Crippen LogP contribution in [0.25, 0.3) is 32.9 Å². The van der Waals surface area contributed by atoms with Crippen molar-refractivity contribution in [3.63, 3.8) is 0 Å². The highest BCUT2D eigenvalue weighted by molar-refractivity contribution is 6.01. The Morgan fingerprint density at radius 1 is 1.26 bits per heavy atom. The van der Waals surface area contributed by atoms with E-state index in [1.807, 2.05) is 0 Å². The van der Waals surface area contributed by atoms with Crippen molar-refractivity contribution in [3.8, 4) is 23.0 Å². The van der Waals surface area contributed by atoms with Gasteiger partial charge in [0.2, 0.25) is 0 Å². The lowest BCUT2D eigenvalue weighted by atomic mass is 9.94. The number of benzene rings is 2. The molecule has 2 atom stereocenters. The summed E-state index contributed by atoms with van der Waals surface area (Å²) in [5.74, 6) is -1.96. The van der Waals surface area contributed by atoms with E-state index in [1.54, 1.807) is 6.92 Å². The molecule has 2 fully saturated rings. The molecule has 0 saturated carbocycles. The molecule has 2 aliphatic heterocycles. The maximum atomic E-state index is 16.7. The minimum Gasteiger partial charge on any atom is -0.508 e. The molecule has 5 aromatic rings. The normalized spacial score (nSPS) is 19.6. The number of hydrogen-bond acceptors (Lipinski definition) is 9. The zero-order chi connectivity index (χ0) is 32.2. The minimum absolute atomic E-state index is 0.0186. The molecule has 0 bridgehead atoms. The molecule has 238 valence electrons. The van der Waals surface area contributed by atoms with Gasteiger partial charge in [-0.2, -0.15) is 15.1 Å². The van der Waals surface area contributed by atoms with E-state index in [2.05, 4.69) is 35.4 Å². The van der Waals surface area contributed by atoms with Crippen LogP contribution in [0.15, 0.2) is 36.7 Å². The fraction of sp³-hybridized carbons (Fsp3) is 0.344. The summed E-state index contributed by atoms with van der Waals surface area (Å²) in [6.45, 7) is 3.02. The predicted octanol–water partition coefficient (Wildman–Crippen LogP) is 4.78. The minimum atomic E-state index is -0.964. The largest absolute Gasteiger partial charge is 0.508 e. The summed E-state index contributed by atoms with van der Waals surface area (Å²) in [6.07, 6.45) is 4.03. The Kier molecular flexibility index (Phi) is 7.38. The summed E-state index contributed by atoms with van der Waals surface area (Å²) >= 11 is 0. The van der Waals surface area contributed by atoms with E-state index >= 15 is 4.39 Å². The number of phenols is 1. The zero-order valence-corrected chi connectivity index (χ0v) is 24.9. The third kappa shape index (κ3) is 5.02. The number of halogens is 3. The van der Waals surface area contributed by atoms with Gasteiger partial charge in [0.1, 0.15) is 41.4 Å². The molecular weight excluding hydrogens is 601 g/mol. The number of rotatable bonds is 9. The van der Waals surface area contributed by atoms with Crippen LogP contribution in [0.1, 0.15) is 47.8 Å². The molecule has 3 aromatic heterocycles. The highest BCUT2D eigenvalue weighted by atomic mass is 19.1. The summed E-state index contributed by atoms with van der Waals surface area (Å²) < 4.78 is 52.1. The first-order valence-corrected chi connectivity index (χ1v) is 15.1. The number of alkyl halides is 1. The number of aromatic hydroxyl groups is 1. The average Bonchev–Trinajstić information content (AvgIpc) is 3.73. The number of primary amides is 1. The van der Waals surface area contributed by atoms with Crippen molar-refractivity contribution in [2.45, 2.75) is 50.9 Å². The molecule has 14 heteroatoms. The summed E-state index contributed by atoms with van der Waals surface area (Å²) in [7, 11) is 0. The number of aromatic amines is 1. The van der Waals surface area contributed by atoms with Gasteiger partial charge < -0.3 is 20.9 Å². The molecule has 0 aliphatic carbocycles. The number of aromatic nitrogens is 5. The lowest BCUT2D eigenvalue weighted by molar-refractivity contribution is 0.0999. The number of H-pyrrole nitrogens is 1. The zero-order valence-electron chi connectivity index (χ0n) is 24.9. The van der Waals surface area contributed by atoms with Gasteiger partial charge in [0.05, 0.1) is 34.9 Å². The highest BCUT2D eigenvalue weighted by Crippen LogP contribution is 2.41. The van der Waals surface area contributed by atoms with Crippen molar-refractivity contribution in [2.75, 3.05) is 25.0 Å². The number of fused-ring (bicyclic) bond motifs is 3. The van der Waals surface area contributed by atoms with Gasteiger partial charge in [-0.15, -0.1) is 0 Å². The number of phenolic OH excluding ortho intramolecular Hbond substituents is 1. The molecule has 0 radical (unpaired) electrons. The predicted molar refractivity (Wildman–Crippen MR) is 164 cm³/mol. The van der Waals surface area contributed by atoms with Gasteiger partial charge in [0, 0.05) is 24.7 Å². The van der Waals surface area contributed by atoms with Crippen LogP contribution in [0, 0.1) is 11.6 Å². The Morgan fingerprint density at radius 3 is 2.91 bits per heavy atom. The van der Waals surface area contributed by atoms with Crippen molar-refractivity contribution in [2.24, 2.45) is 5.73 Å². The Balaban J connectivity index is 1.34. The molecule has 0 spiro atoms. The number of ether oxygens (including phenoxy) is 1. The third-order valence-corrected chi connectivity index (χ3v) is 9.07. The number of nitrogens with zero attached hydrogens (tertiary/aromatic N) is 5. The van der Waals surface area contributed by atoms with Crippen LogP contribution in [-0.2, 0) is 13.0 Å². The Labute approximate surface area is 261 Å². The molecule has 7 rings (SSSR count). The molecule has 5 N–H and O–H groups in total. The third-order valence-electron chi connectivity index (χ3n) is 9.07. The average molecular weight is 633 g/mol. The number of aryl methyl sites for hydroxylation is 1. The molecule has 2 saturated heterocycles. The van der Waals surface area contributed by atoms with Crippen molar-refractivity contribution in [3.05, 3.63) is 65.1 Å². The molecule has 11 nitrogen and oxygen atoms in total. The SMILES string of the molecule is CCc1c(F)ccc2cc(O)cc(-c3ncc4c(NCc5[nH]ncc5C(N)=O)nc(OC[C@@]56CCCN5C[C@H](F)C6)nc4c3F)c12. The Morgan fingerprint density at radius 2 is 2.11 bits per heavy atom. The first kappa shape index (κ1) is 29.7. The van der Waals surface area contributed by atoms with Gasteiger partial charge in [-0.3, -0.25) is 19.8 Å². The van der Waals surface area contributed by atoms with E-state index in [1.165, 1.54) is 36.7 Å². The smallest absolute Gasteiger partial charge is 0.319 e. The van der Waals surface area contributed by atoms with Crippen molar-refractivity contribution >= 4 is 33.4 Å². The lowest BCUT2D eigenvalue weighted by Crippen LogP contribution is -2.43. The Hall–Kier alpha value is -4.98. The standard InChI is InChI=1S/C32H31F3N8O3/c1-2-19-23(34)5-4-16-8-18(44)9-20(25(16)19)27-26(35)28-22(11-37-27)30(38-13-24-21(29(36)45)12-39-42-24)41-31(40-28)46-15-32-6-3-7-43(32)14-17(33)10-32/h4-5,8-9,11-12,17,44H,2-3,6-7,10,13-15H2,1H3,(H2,36,45)(H,39,42)(H,38,40,41)/t17-,32+/m1/s1. The van der Waals surface area contributed by atoms with Gasteiger partial charge in [-0.05, 0) is 60.3 Å². The van der Waals surface area contributed by atoms with Crippen LogP contribution < -0.4 is 15.8 Å². The lowest BCUT2D eigenvalue weighted by Gasteiger charge is -2.30. The summed E-state index contributed by atoms with van der Waals surface area (Å²) in [5, 5.41) is 21.3.